The lowest BCUT2D eigenvalue weighted by atomic mass is 10.3. The number of imidazole rings is 1. The first-order valence-corrected chi connectivity index (χ1v) is 7.14. The minimum absolute atomic E-state index is 0.476. The summed E-state index contributed by atoms with van der Waals surface area (Å²) >= 11 is 1.72. The molecule has 0 aliphatic heterocycles. The molecule has 0 spiro atoms. The van der Waals surface area contributed by atoms with Crippen LogP contribution in [-0.4, -0.2) is 20.6 Å². The van der Waals surface area contributed by atoms with Crippen LogP contribution in [0.4, 0.5) is 0 Å². The molecule has 0 radical (unpaired) electrons. The van der Waals surface area contributed by atoms with Crippen LogP contribution < -0.4 is 5.32 Å². The topological polar surface area (TPSA) is 42.7 Å². The van der Waals surface area contributed by atoms with Gasteiger partial charge in [-0.3, -0.25) is 4.57 Å². The molecular weight excluding hydrogens is 244 g/mol. The zero-order valence-corrected chi connectivity index (χ0v) is 12.2. The normalized spacial score (nSPS) is 11.4. The summed E-state index contributed by atoms with van der Waals surface area (Å²) in [6, 6.07) is 0.476. The molecule has 98 valence electrons. The second kappa shape index (κ2) is 5.63. The highest BCUT2D eigenvalue weighted by molar-refractivity contribution is 7.14. The average Bonchev–Trinajstić information content (AvgIpc) is 2.92. The van der Waals surface area contributed by atoms with E-state index < -0.39 is 0 Å². The lowest BCUT2D eigenvalue weighted by Gasteiger charge is -2.04. The van der Waals surface area contributed by atoms with Crippen molar-refractivity contribution >= 4 is 11.3 Å². The van der Waals surface area contributed by atoms with Crippen molar-refractivity contribution in [2.24, 2.45) is 0 Å². The number of nitrogens with one attached hydrogen (secondary N) is 1. The van der Waals surface area contributed by atoms with Crippen molar-refractivity contribution in [3.63, 3.8) is 0 Å². The van der Waals surface area contributed by atoms with E-state index in [9.17, 15) is 0 Å². The Kier molecular flexibility index (Phi) is 4.14. The van der Waals surface area contributed by atoms with Crippen molar-refractivity contribution in [1.82, 2.24) is 19.9 Å². The number of nitrogens with zero attached hydrogens (tertiary/aromatic N) is 3. The fourth-order valence-corrected chi connectivity index (χ4v) is 2.66. The minimum Gasteiger partial charge on any atom is -0.309 e. The van der Waals surface area contributed by atoms with Gasteiger partial charge in [-0.15, -0.1) is 11.3 Å². The van der Waals surface area contributed by atoms with Crippen molar-refractivity contribution < 1.29 is 0 Å². The molecule has 5 heteroatoms. The van der Waals surface area contributed by atoms with Crippen molar-refractivity contribution in [1.29, 1.82) is 0 Å². The van der Waals surface area contributed by atoms with Gasteiger partial charge >= 0.3 is 0 Å². The molecule has 1 N–H and O–H groups in total. The van der Waals surface area contributed by atoms with E-state index in [1.54, 1.807) is 11.3 Å². The van der Waals surface area contributed by atoms with Crippen molar-refractivity contribution in [3.05, 3.63) is 28.8 Å². The first-order valence-electron chi connectivity index (χ1n) is 6.33. The summed E-state index contributed by atoms with van der Waals surface area (Å²) < 4.78 is 2.01. The van der Waals surface area contributed by atoms with Crippen molar-refractivity contribution in [2.75, 3.05) is 0 Å². The molecule has 0 aliphatic rings. The van der Waals surface area contributed by atoms with Crippen LogP contribution in [0.25, 0.3) is 5.13 Å². The maximum Gasteiger partial charge on any atom is 0.195 e. The van der Waals surface area contributed by atoms with E-state index in [1.165, 1.54) is 10.6 Å². The van der Waals surface area contributed by atoms with E-state index in [1.807, 2.05) is 17.1 Å². The first kappa shape index (κ1) is 13.2. The zero-order valence-electron chi connectivity index (χ0n) is 11.4. The Bertz CT molecular complexity index is 513. The minimum atomic E-state index is 0.476. The van der Waals surface area contributed by atoms with Gasteiger partial charge in [0.2, 0.25) is 0 Å². The number of rotatable bonds is 5. The molecule has 0 atom stereocenters. The monoisotopic (exact) mass is 264 g/mol. The summed E-state index contributed by atoms with van der Waals surface area (Å²) in [4.78, 5) is 10.3. The van der Waals surface area contributed by atoms with E-state index in [-0.39, 0.29) is 0 Å². The largest absolute Gasteiger partial charge is 0.309 e. The number of thiazole rings is 1. The second-order valence-electron chi connectivity index (χ2n) is 4.66. The van der Waals surface area contributed by atoms with Gasteiger partial charge in [0.05, 0.1) is 11.4 Å². The van der Waals surface area contributed by atoms with E-state index in [4.69, 9.17) is 0 Å². The molecule has 0 amide bonds. The van der Waals surface area contributed by atoms with Gasteiger partial charge in [-0.25, -0.2) is 9.97 Å². The smallest absolute Gasteiger partial charge is 0.195 e. The molecule has 0 aliphatic carbocycles. The molecule has 0 aromatic carbocycles. The lowest BCUT2D eigenvalue weighted by molar-refractivity contribution is 0.582. The molecule has 0 saturated carbocycles. The summed E-state index contributed by atoms with van der Waals surface area (Å²) in [6.07, 6.45) is 4.88. The van der Waals surface area contributed by atoms with Crippen LogP contribution in [0.2, 0.25) is 0 Å². The van der Waals surface area contributed by atoms with Gasteiger partial charge in [-0.2, -0.15) is 0 Å². The number of hydrogen-bond donors (Lipinski definition) is 1. The molecule has 2 heterocycles. The van der Waals surface area contributed by atoms with Crippen LogP contribution in [0.3, 0.4) is 0 Å². The summed E-state index contributed by atoms with van der Waals surface area (Å²) in [5, 5.41) is 4.37. The van der Waals surface area contributed by atoms with E-state index in [0.29, 0.717) is 6.04 Å². The van der Waals surface area contributed by atoms with Crippen LogP contribution in [0.15, 0.2) is 12.5 Å². The third kappa shape index (κ3) is 2.97. The molecule has 0 saturated heterocycles. The fourth-order valence-electron chi connectivity index (χ4n) is 1.72. The highest BCUT2D eigenvalue weighted by Gasteiger charge is 2.08. The summed E-state index contributed by atoms with van der Waals surface area (Å²) in [5.41, 5.74) is 2.24. The molecule has 18 heavy (non-hydrogen) atoms. The predicted octanol–water partition coefficient (Wildman–Crippen LogP) is 2.70. The quantitative estimate of drug-likeness (QED) is 0.903. The first-order chi connectivity index (χ1) is 8.60. The Morgan fingerprint density at radius 1 is 1.44 bits per heavy atom. The van der Waals surface area contributed by atoms with Crippen LogP contribution in [0.5, 0.6) is 0 Å². The van der Waals surface area contributed by atoms with E-state index >= 15 is 0 Å². The highest BCUT2D eigenvalue weighted by Crippen LogP contribution is 2.21. The van der Waals surface area contributed by atoms with Gasteiger partial charge < -0.3 is 5.32 Å². The molecule has 2 aromatic heterocycles. The fraction of sp³-hybridized carbons (Fsp3) is 0.538. The summed E-state index contributed by atoms with van der Waals surface area (Å²) in [6.45, 7) is 9.33. The van der Waals surface area contributed by atoms with Crippen molar-refractivity contribution in [2.45, 2.75) is 46.7 Å². The number of aryl methyl sites for hydroxylation is 2. The van der Waals surface area contributed by atoms with Gasteiger partial charge in [-0.1, -0.05) is 20.8 Å². The van der Waals surface area contributed by atoms with Crippen LogP contribution in [-0.2, 0) is 13.0 Å². The Labute approximate surface area is 112 Å². The van der Waals surface area contributed by atoms with E-state index in [0.717, 1.165) is 23.8 Å². The lowest BCUT2D eigenvalue weighted by Crippen LogP contribution is -2.21. The van der Waals surface area contributed by atoms with Gasteiger partial charge in [-0.05, 0) is 13.3 Å². The molecule has 0 fully saturated rings. The van der Waals surface area contributed by atoms with Crippen molar-refractivity contribution in [3.8, 4) is 5.13 Å². The van der Waals surface area contributed by atoms with Gasteiger partial charge in [0, 0.05) is 23.7 Å². The molecule has 0 unspecified atom stereocenters. The molecule has 0 bridgehead atoms. The third-order valence-electron chi connectivity index (χ3n) is 2.76. The van der Waals surface area contributed by atoms with Gasteiger partial charge in [0.25, 0.3) is 0 Å². The SMILES string of the molecule is CCc1nc(-n2cnc(CNC(C)C)c2)sc1C. The number of hydrogen-bond acceptors (Lipinski definition) is 4. The maximum atomic E-state index is 4.63. The molecular formula is C13H20N4S. The Morgan fingerprint density at radius 3 is 2.83 bits per heavy atom. The molecule has 2 aromatic rings. The molecule has 4 nitrogen and oxygen atoms in total. The summed E-state index contributed by atoms with van der Waals surface area (Å²) in [7, 11) is 0. The number of aromatic nitrogens is 3. The Balaban J connectivity index is 2.13. The highest BCUT2D eigenvalue weighted by atomic mass is 32.1. The Hall–Kier alpha value is -1.20. The average molecular weight is 264 g/mol. The zero-order chi connectivity index (χ0) is 13.1. The van der Waals surface area contributed by atoms with E-state index in [2.05, 4.69) is 43.0 Å². The van der Waals surface area contributed by atoms with Crippen LogP contribution >= 0.6 is 11.3 Å². The maximum absolute atomic E-state index is 4.63. The molecule has 2 rings (SSSR count). The standard InChI is InChI=1S/C13H20N4S/c1-5-12-10(4)18-13(16-12)17-7-11(15-8-17)6-14-9(2)3/h7-9,14H,5-6H2,1-4H3. The second-order valence-corrected chi connectivity index (χ2v) is 5.84. The van der Waals surface area contributed by atoms with Gasteiger partial charge in [0.15, 0.2) is 5.13 Å². The Morgan fingerprint density at radius 2 is 2.22 bits per heavy atom. The third-order valence-corrected chi connectivity index (χ3v) is 3.79. The van der Waals surface area contributed by atoms with Crippen LogP contribution in [0, 0.1) is 6.92 Å². The van der Waals surface area contributed by atoms with Gasteiger partial charge in [0.1, 0.15) is 6.33 Å². The summed E-state index contributed by atoms with van der Waals surface area (Å²) in [5.74, 6) is 0. The predicted molar refractivity (Wildman–Crippen MR) is 75.3 cm³/mol. The van der Waals surface area contributed by atoms with Crippen LogP contribution in [0.1, 0.15) is 37.0 Å².